The van der Waals surface area contributed by atoms with Crippen LogP contribution < -0.4 is 5.32 Å². The van der Waals surface area contributed by atoms with Gasteiger partial charge in [-0.3, -0.25) is 9.69 Å². The van der Waals surface area contributed by atoms with Crippen molar-refractivity contribution in [2.24, 2.45) is 0 Å². The molecule has 1 amide bonds. The number of hydrogen-bond donors (Lipinski definition) is 1. The third kappa shape index (κ3) is 5.37. The molecule has 0 atom stereocenters. The average molecular weight is 423 g/mol. The molecule has 0 aromatic heterocycles. The molecule has 1 heterocycles. The van der Waals surface area contributed by atoms with Crippen molar-refractivity contribution in [1.29, 1.82) is 0 Å². The fourth-order valence-corrected chi connectivity index (χ4v) is 4.24. The van der Waals surface area contributed by atoms with Crippen molar-refractivity contribution in [1.82, 2.24) is 9.21 Å². The highest BCUT2D eigenvalue weighted by atomic mass is 32.2. The molecule has 0 radical (unpaired) electrons. The van der Waals surface area contributed by atoms with E-state index >= 15 is 0 Å². The van der Waals surface area contributed by atoms with Crippen LogP contribution in [-0.4, -0.2) is 55.5 Å². The van der Waals surface area contributed by atoms with Gasteiger partial charge in [0.25, 0.3) is 5.91 Å². The minimum Gasteiger partial charge on any atom is -0.319 e. The zero-order chi connectivity index (χ0) is 21.0. The minimum absolute atomic E-state index is 0.0830. The van der Waals surface area contributed by atoms with Gasteiger partial charge < -0.3 is 5.32 Å². The Labute approximate surface area is 169 Å². The summed E-state index contributed by atoms with van der Waals surface area (Å²) < 4.78 is 52.0. The van der Waals surface area contributed by atoms with E-state index in [4.69, 9.17) is 0 Å². The Bertz CT molecular complexity index is 973. The van der Waals surface area contributed by atoms with Crippen LogP contribution in [0.4, 0.5) is 14.5 Å². The zero-order valence-electron chi connectivity index (χ0n) is 16.1. The average Bonchev–Trinajstić information content (AvgIpc) is 2.71. The number of carbonyl (C=O) groups is 1. The number of rotatable bonds is 6. The molecule has 0 unspecified atom stereocenters. The molecule has 2 aromatic carbocycles. The summed E-state index contributed by atoms with van der Waals surface area (Å²) in [5.74, 6) is -1.92. The number of anilines is 1. The van der Waals surface area contributed by atoms with E-state index in [0.717, 1.165) is 11.6 Å². The Morgan fingerprint density at radius 1 is 1.03 bits per heavy atom. The Morgan fingerprint density at radius 3 is 2.28 bits per heavy atom. The van der Waals surface area contributed by atoms with Gasteiger partial charge in [0.2, 0.25) is 10.0 Å². The lowest BCUT2D eigenvalue weighted by atomic mass is 10.1. The van der Waals surface area contributed by atoms with Crippen molar-refractivity contribution in [3.63, 3.8) is 0 Å². The van der Waals surface area contributed by atoms with E-state index in [2.05, 4.69) is 10.2 Å². The van der Waals surface area contributed by atoms with Gasteiger partial charge in [0.1, 0.15) is 11.6 Å². The first kappa shape index (κ1) is 21.4. The van der Waals surface area contributed by atoms with Gasteiger partial charge >= 0.3 is 0 Å². The van der Waals surface area contributed by atoms with Gasteiger partial charge in [-0.25, -0.2) is 17.2 Å². The number of benzene rings is 2. The standard InChI is InChI=1S/C20H23F2N3O3S/c1-2-29(27,28)25-11-9-24(10-12-25)14-15-3-5-16(6-4-15)20(26)23-19-8-7-17(21)13-18(19)22/h3-8,13H,2,9-12,14H2,1H3,(H,23,26). The van der Waals surface area contributed by atoms with E-state index in [9.17, 15) is 22.0 Å². The SMILES string of the molecule is CCS(=O)(=O)N1CCN(Cc2ccc(C(=O)Nc3ccc(F)cc3F)cc2)CC1. The lowest BCUT2D eigenvalue weighted by Gasteiger charge is -2.33. The van der Waals surface area contributed by atoms with Crippen LogP contribution in [-0.2, 0) is 16.6 Å². The lowest BCUT2D eigenvalue weighted by Crippen LogP contribution is -2.48. The molecule has 156 valence electrons. The third-order valence-electron chi connectivity index (χ3n) is 4.89. The Balaban J connectivity index is 1.56. The second-order valence-corrected chi connectivity index (χ2v) is 9.11. The smallest absolute Gasteiger partial charge is 0.255 e. The summed E-state index contributed by atoms with van der Waals surface area (Å²) in [7, 11) is -3.15. The molecule has 0 spiro atoms. The zero-order valence-corrected chi connectivity index (χ0v) is 16.9. The number of hydrogen-bond acceptors (Lipinski definition) is 4. The summed E-state index contributed by atoms with van der Waals surface area (Å²) in [5.41, 5.74) is 1.26. The molecule has 0 aliphatic carbocycles. The number of nitrogens with one attached hydrogen (secondary N) is 1. The molecule has 0 saturated carbocycles. The lowest BCUT2D eigenvalue weighted by molar-refractivity contribution is 0.102. The normalized spacial score (nSPS) is 16.0. The molecule has 9 heteroatoms. The Morgan fingerprint density at radius 2 is 1.69 bits per heavy atom. The van der Waals surface area contributed by atoms with Crippen molar-refractivity contribution < 1.29 is 22.0 Å². The molecular weight excluding hydrogens is 400 g/mol. The summed E-state index contributed by atoms with van der Waals surface area (Å²) in [6.45, 7) is 4.52. The second kappa shape index (κ2) is 8.98. The molecule has 0 bridgehead atoms. The van der Waals surface area contributed by atoms with Crippen molar-refractivity contribution in [2.75, 3.05) is 37.2 Å². The van der Waals surface area contributed by atoms with Crippen LogP contribution in [0, 0.1) is 11.6 Å². The van der Waals surface area contributed by atoms with E-state index in [1.807, 2.05) is 12.1 Å². The molecular formula is C20H23F2N3O3S. The molecule has 1 aliphatic rings. The predicted octanol–water partition coefficient (Wildman–Crippen LogP) is 2.68. The van der Waals surface area contributed by atoms with Gasteiger partial charge in [-0.1, -0.05) is 12.1 Å². The molecule has 1 N–H and O–H groups in total. The molecule has 6 nitrogen and oxygen atoms in total. The van der Waals surface area contributed by atoms with E-state index in [1.54, 1.807) is 19.1 Å². The van der Waals surface area contributed by atoms with Gasteiger partial charge in [-0.2, -0.15) is 4.31 Å². The second-order valence-electron chi connectivity index (χ2n) is 6.85. The number of amides is 1. The van der Waals surface area contributed by atoms with Gasteiger partial charge in [-0.05, 0) is 36.8 Å². The van der Waals surface area contributed by atoms with Crippen LogP contribution in [0.15, 0.2) is 42.5 Å². The summed E-state index contributed by atoms with van der Waals surface area (Å²) in [6, 6.07) is 9.87. The molecule has 1 aliphatic heterocycles. The number of nitrogens with zero attached hydrogens (tertiary/aromatic N) is 2. The minimum atomic E-state index is -3.15. The molecule has 2 aromatic rings. The highest BCUT2D eigenvalue weighted by Crippen LogP contribution is 2.17. The Hall–Kier alpha value is -2.36. The van der Waals surface area contributed by atoms with Gasteiger partial charge in [0.05, 0.1) is 11.4 Å². The van der Waals surface area contributed by atoms with Crippen LogP contribution in [0.5, 0.6) is 0 Å². The van der Waals surface area contributed by atoms with E-state index in [-0.39, 0.29) is 11.4 Å². The first-order valence-electron chi connectivity index (χ1n) is 9.34. The first-order chi connectivity index (χ1) is 13.8. The summed E-state index contributed by atoms with van der Waals surface area (Å²) >= 11 is 0. The fourth-order valence-electron chi connectivity index (χ4n) is 3.15. The summed E-state index contributed by atoms with van der Waals surface area (Å²) in [5, 5.41) is 2.43. The van der Waals surface area contributed by atoms with Crippen LogP contribution in [0.2, 0.25) is 0 Å². The predicted molar refractivity (Wildman–Crippen MR) is 107 cm³/mol. The van der Waals surface area contributed by atoms with Crippen LogP contribution >= 0.6 is 0 Å². The maximum Gasteiger partial charge on any atom is 0.255 e. The number of carbonyl (C=O) groups excluding carboxylic acids is 1. The van der Waals surface area contributed by atoms with Gasteiger partial charge in [0, 0.05) is 44.4 Å². The van der Waals surface area contributed by atoms with Crippen molar-refractivity contribution in [3.8, 4) is 0 Å². The van der Waals surface area contributed by atoms with E-state index in [1.165, 1.54) is 10.4 Å². The molecule has 29 heavy (non-hydrogen) atoms. The molecule has 3 rings (SSSR count). The van der Waals surface area contributed by atoms with Crippen LogP contribution in [0.3, 0.4) is 0 Å². The van der Waals surface area contributed by atoms with Crippen LogP contribution in [0.25, 0.3) is 0 Å². The van der Waals surface area contributed by atoms with E-state index < -0.39 is 27.6 Å². The molecule has 1 saturated heterocycles. The third-order valence-corrected chi connectivity index (χ3v) is 6.77. The quantitative estimate of drug-likeness (QED) is 0.776. The van der Waals surface area contributed by atoms with E-state index in [0.29, 0.717) is 44.4 Å². The van der Waals surface area contributed by atoms with Crippen LogP contribution in [0.1, 0.15) is 22.8 Å². The number of piperazine rings is 1. The van der Waals surface area contributed by atoms with Crippen molar-refractivity contribution in [2.45, 2.75) is 13.5 Å². The summed E-state index contributed by atoms with van der Waals surface area (Å²) in [4.78, 5) is 14.4. The highest BCUT2D eigenvalue weighted by molar-refractivity contribution is 7.89. The van der Waals surface area contributed by atoms with Gasteiger partial charge in [-0.15, -0.1) is 0 Å². The highest BCUT2D eigenvalue weighted by Gasteiger charge is 2.25. The maximum atomic E-state index is 13.7. The monoisotopic (exact) mass is 423 g/mol. The summed E-state index contributed by atoms with van der Waals surface area (Å²) in [6.07, 6.45) is 0. The number of sulfonamides is 1. The molecule has 1 fully saturated rings. The fraction of sp³-hybridized carbons (Fsp3) is 0.350. The van der Waals surface area contributed by atoms with Gasteiger partial charge in [0.15, 0.2) is 0 Å². The number of halogens is 2. The Kier molecular flexibility index (Phi) is 6.61. The topological polar surface area (TPSA) is 69.7 Å². The maximum absolute atomic E-state index is 13.7. The van der Waals surface area contributed by atoms with Crippen molar-refractivity contribution >= 4 is 21.6 Å². The van der Waals surface area contributed by atoms with Crippen molar-refractivity contribution in [3.05, 3.63) is 65.2 Å². The first-order valence-corrected chi connectivity index (χ1v) is 10.9. The largest absolute Gasteiger partial charge is 0.319 e.